The van der Waals surface area contributed by atoms with Crippen LogP contribution in [-0.2, 0) is 13.0 Å². The van der Waals surface area contributed by atoms with Gasteiger partial charge in [0, 0.05) is 44.5 Å². The molecule has 4 rings (SSSR count). The van der Waals surface area contributed by atoms with E-state index in [2.05, 4.69) is 25.1 Å². The molecule has 1 amide bonds. The number of nitrogens with one attached hydrogen (secondary N) is 1. The minimum absolute atomic E-state index is 0.180. The van der Waals surface area contributed by atoms with Crippen LogP contribution in [0, 0.1) is 0 Å². The number of amides is 1. The molecule has 0 saturated carbocycles. The monoisotopic (exact) mass is 376 g/mol. The third-order valence-corrected chi connectivity index (χ3v) is 4.97. The summed E-state index contributed by atoms with van der Waals surface area (Å²) in [6.45, 7) is 0.963. The molecule has 0 aliphatic carbocycles. The minimum atomic E-state index is -0.180. The summed E-state index contributed by atoms with van der Waals surface area (Å²) in [6, 6.07) is 11.3. The van der Waals surface area contributed by atoms with Gasteiger partial charge in [0.05, 0.1) is 5.56 Å². The Hall–Kier alpha value is -3.22. The van der Waals surface area contributed by atoms with Gasteiger partial charge in [-0.05, 0) is 49.2 Å². The molecule has 1 aliphatic heterocycles. The summed E-state index contributed by atoms with van der Waals surface area (Å²) < 4.78 is 2.22. The van der Waals surface area contributed by atoms with Gasteiger partial charge in [0.25, 0.3) is 5.91 Å². The van der Waals surface area contributed by atoms with Crippen molar-refractivity contribution in [1.82, 2.24) is 19.7 Å². The number of anilines is 2. The average molecular weight is 376 g/mol. The molecule has 0 atom stereocenters. The average Bonchev–Trinajstić information content (AvgIpc) is 2.96. The van der Waals surface area contributed by atoms with E-state index in [0.717, 1.165) is 42.3 Å². The predicted molar refractivity (Wildman–Crippen MR) is 110 cm³/mol. The maximum Gasteiger partial charge on any atom is 0.259 e. The second-order valence-corrected chi connectivity index (χ2v) is 7.20. The van der Waals surface area contributed by atoms with E-state index < -0.39 is 0 Å². The van der Waals surface area contributed by atoms with Gasteiger partial charge in [-0.15, -0.1) is 10.2 Å². The highest BCUT2D eigenvalue weighted by Gasteiger charge is 2.17. The van der Waals surface area contributed by atoms with Gasteiger partial charge in [0.1, 0.15) is 11.6 Å². The summed E-state index contributed by atoms with van der Waals surface area (Å²) in [5, 5.41) is 11.7. The lowest BCUT2D eigenvalue weighted by Gasteiger charge is -2.15. The van der Waals surface area contributed by atoms with E-state index in [-0.39, 0.29) is 5.91 Å². The largest absolute Gasteiger partial charge is 0.362 e. The molecule has 7 nitrogen and oxygen atoms in total. The summed E-state index contributed by atoms with van der Waals surface area (Å²) in [7, 11) is 3.74. The maximum atomic E-state index is 12.7. The van der Waals surface area contributed by atoms with Crippen molar-refractivity contribution in [2.45, 2.75) is 32.2 Å². The van der Waals surface area contributed by atoms with Gasteiger partial charge in [0.2, 0.25) is 0 Å². The number of hydrogen-bond donors (Lipinski definition) is 1. The second kappa shape index (κ2) is 7.80. The molecule has 144 valence electrons. The zero-order valence-electron chi connectivity index (χ0n) is 16.2. The second-order valence-electron chi connectivity index (χ2n) is 7.20. The molecule has 0 bridgehead atoms. The third kappa shape index (κ3) is 3.60. The summed E-state index contributed by atoms with van der Waals surface area (Å²) in [4.78, 5) is 18.8. The van der Waals surface area contributed by atoms with Crippen LogP contribution in [0.2, 0.25) is 0 Å². The summed E-state index contributed by atoms with van der Waals surface area (Å²) in [6.07, 6.45) is 6.23. The van der Waals surface area contributed by atoms with Gasteiger partial charge in [-0.1, -0.05) is 6.42 Å². The van der Waals surface area contributed by atoms with E-state index in [1.54, 1.807) is 18.3 Å². The van der Waals surface area contributed by atoms with Gasteiger partial charge in [-0.3, -0.25) is 4.79 Å². The molecule has 3 heterocycles. The van der Waals surface area contributed by atoms with Crippen LogP contribution >= 0.6 is 0 Å². The van der Waals surface area contributed by atoms with Crippen molar-refractivity contribution < 1.29 is 4.79 Å². The van der Waals surface area contributed by atoms with Crippen LogP contribution in [0.25, 0.3) is 11.4 Å². The van der Waals surface area contributed by atoms with Gasteiger partial charge >= 0.3 is 0 Å². The Kier molecular flexibility index (Phi) is 5.06. The first kappa shape index (κ1) is 18.2. The minimum Gasteiger partial charge on any atom is -0.362 e. The molecule has 7 heteroatoms. The molecule has 3 aromatic rings. The van der Waals surface area contributed by atoms with Gasteiger partial charge in [0.15, 0.2) is 5.82 Å². The highest BCUT2D eigenvalue weighted by Crippen LogP contribution is 2.24. The molecule has 0 radical (unpaired) electrons. The van der Waals surface area contributed by atoms with Crippen molar-refractivity contribution in [2.24, 2.45) is 0 Å². The third-order valence-electron chi connectivity index (χ3n) is 4.97. The first-order valence-corrected chi connectivity index (χ1v) is 9.59. The molecule has 1 N–H and O–H groups in total. The van der Waals surface area contributed by atoms with Crippen molar-refractivity contribution in [3.63, 3.8) is 0 Å². The number of benzene rings is 1. The summed E-state index contributed by atoms with van der Waals surface area (Å²) >= 11 is 0. The Morgan fingerprint density at radius 2 is 1.89 bits per heavy atom. The molecule has 1 aromatic carbocycles. The number of carbonyl (C=O) groups is 1. The van der Waals surface area contributed by atoms with E-state index >= 15 is 0 Å². The number of fused-ring (bicyclic) bond motifs is 1. The topological polar surface area (TPSA) is 75.9 Å². The fraction of sp³-hybridized carbons (Fsp3) is 0.333. The van der Waals surface area contributed by atoms with Crippen LogP contribution in [0.1, 0.15) is 35.4 Å². The lowest BCUT2D eigenvalue weighted by molar-refractivity contribution is 0.102. The molecule has 1 aliphatic rings. The van der Waals surface area contributed by atoms with E-state index in [1.807, 2.05) is 43.3 Å². The smallest absolute Gasteiger partial charge is 0.259 e. The van der Waals surface area contributed by atoms with Crippen LogP contribution in [0.15, 0.2) is 42.6 Å². The number of aryl methyl sites for hydroxylation is 1. The van der Waals surface area contributed by atoms with Gasteiger partial charge in [-0.25, -0.2) is 4.98 Å². The van der Waals surface area contributed by atoms with Crippen molar-refractivity contribution in [1.29, 1.82) is 0 Å². The zero-order chi connectivity index (χ0) is 19.5. The molecule has 0 fully saturated rings. The molecule has 0 unspecified atom stereocenters. The van der Waals surface area contributed by atoms with Crippen molar-refractivity contribution in [2.75, 3.05) is 24.3 Å². The lowest BCUT2D eigenvalue weighted by Crippen LogP contribution is -2.19. The fourth-order valence-electron chi connectivity index (χ4n) is 3.53. The first-order chi connectivity index (χ1) is 13.6. The Bertz CT molecular complexity index is 977. The normalized spacial score (nSPS) is 13.5. The highest BCUT2D eigenvalue weighted by molar-refractivity contribution is 6.07. The van der Waals surface area contributed by atoms with Gasteiger partial charge < -0.3 is 14.8 Å². The van der Waals surface area contributed by atoms with Crippen LogP contribution < -0.4 is 10.2 Å². The van der Waals surface area contributed by atoms with Crippen LogP contribution in [0.4, 0.5) is 11.5 Å². The summed E-state index contributed by atoms with van der Waals surface area (Å²) in [5.74, 6) is 2.43. The SMILES string of the molecule is CN(C)c1ncccc1C(=O)Nc1ccc(-c2nnc3n2CCCCC3)cc1. The predicted octanol–water partition coefficient (Wildman–Crippen LogP) is 3.38. The van der Waals surface area contributed by atoms with Crippen molar-refractivity contribution >= 4 is 17.4 Å². The van der Waals surface area contributed by atoms with E-state index in [9.17, 15) is 4.79 Å². The maximum absolute atomic E-state index is 12.7. The number of hydrogen-bond acceptors (Lipinski definition) is 5. The first-order valence-electron chi connectivity index (χ1n) is 9.59. The number of carbonyl (C=O) groups excluding carboxylic acids is 1. The van der Waals surface area contributed by atoms with E-state index in [1.165, 1.54) is 12.8 Å². The van der Waals surface area contributed by atoms with Gasteiger partial charge in [-0.2, -0.15) is 0 Å². The van der Waals surface area contributed by atoms with Crippen LogP contribution in [0.3, 0.4) is 0 Å². The van der Waals surface area contributed by atoms with E-state index in [0.29, 0.717) is 11.4 Å². The Morgan fingerprint density at radius 3 is 2.68 bits per heavy atom. The quantitative estimate of drug-likeness (QED) is 0.755. The summed E-state index contributed by atoms with van der Waals surface area (Å²) in [5.41, 5.74) is 2.28. The Balaban J connectivity index is 1.53. The Morgan fingerprint density at radius 1 is 1.07 bits per heavy atom. The van der Waals surface area contributed by atoms with Crippen molar-refractivity contribution in [3.05, 3.63) is 54.0 Å². The fourth-order valence-corrected chi connectivity index (χ4v) is 3.53. The van der Waals surface area contributed by atoms with Crippen molar-refractivity contribution in [3.8, 4) is 11.4 Å². The molecule has 0 spiro atoms. The molecular formula is C21H24N6O. The van der Waals surface area contributed by atoms with Crippen LogP contribution in [-0.4, -0.2) is 39.8 Å². The molecule has 0 saturated heterocycles. The lowest BCUT2D eigenvalue weighted by atomic mass is 10.1. The standard InChI is InChI=1S/C21H24N6O/c1-26(2)20-17(7-6-13-22-20)21(28)23-16-11-9-15(10-12-16)19-25-24-18-8-4-3-5-14-27(18)19/h6-7,9-13H,3-5,8,14H2,1-2H3,(H,23,28). The zero-order valence-corrected chi connectivity index (χ0v) is 16.2. The van der Waals surface area contributed by atoms with E-state index in [4.69, 9.17) is 0 Å². The number of pyridine rings is 1. The Labute approximate surface area is 164 Å². The number of nitrogens with zero attached hydrogens (tertiary/aromatic N) is 5. The number of rotatable bonds is 4. The molecule has 2 aromatic heterocycles. The molecule has 28 heavy (non-hydrogen) atoms. The van der Waals surface area contributed by atoms with Crippen LogP contribution in [0.5, 0.6) is 0 Å². The highest BCUT2D eigenvalue weighted by atomic mass is 16.1. The molecular weight excluding hydrogens is 352 g/mol. The number of aromatic nitrogens is 4.